The van der Waals surface area contributed by atoms with Crippen LogP contribution in [0.5, 0.6) is 0 Å². The largest absolute Gasteiger partial charge is 0.302 e. The van der Waals surface area contributed by atoms with Gasteiger partial charge >= 0.3 is 0 Å². The van der Waals surface area contributed by atoms with Gasteiger partial charge in [-0.1, -0.05) is 23.7 Å². The zero-order valence-corrected chi connectivity index (χ0v) is 15.7. The molecule has 0 saturated carbocycles. The van der Waals surface area contributed by atoms with E-state index in [9.17, 15) is 0 Å². The van der Waals surface area contributed by atoms with Crippen molar-refractivity contribution in [2.75, 3.05) is 26.7 Å². The summed E-state index contributed by atoms with van der Waals surface area (Å²) in [6, 6.07) is 7.00. The number of hydrogen-bond acceptors (Lipinski definition) is 2. The van der Waals surface area contributed by atoms with Crippen LogP contribution in [0.1, 0.15) is 57.2 Å². The predicted molar refractivity (Wildman–Crippen MR) is 100.0 cm³/mol. The zero-order chi connectivity index (χ0) is 16.6. The monoisotopic (exact) mass is 332 g/mol. The van der Waals surface area contributed by atoms with Gasteiger partial charge in [-0.3, -0.25) is 4.90 Å². The maximum absolute atomic E-state index is 6.37. The Labute approximate surface area is 146 Å². The second-order valence-electron chi connectivity index (χ2n) is 8.00. The van der Waals surface area contributed by atoms with E-state index >= 15 is 0 Å². The summed E-state index contributed by atoms with van der Waals surface area (Å²) in [7, 11) is 2.19. The van der Waals surface area contributed by atoms with E-state index in [4.69, 9.17) is 11.6 Å². The molecule has 1 unspecified atom stereocenters. The summed E-state index contributed by atoms with van der Waals surface area (Å²) in [4.78, 5) is 5.02. The molecule has 0 bridgehead atoms. The second-order valence-corrected chi connectivity index (χ2v) is 8.43. The van der Waals surface area contributed by atoms with Crippen LogP contribution >= 0.6 is 11.6 Å². The Balaban J connectivity index is 2.00. The minimum absolute atomic E-state index is 0.196. The third-order valence-corrected chi connectivity index (χ3v) is 5.48. The lowest BCUT2D eigenvalue weighted by Crippen LogP contribution is -2.40. The molecule has 0 spiro atoms. The molecule has 3 heteroatoms. The van der Waals surface area contributed by atoms with Crippen molar-refractivity contribution >= 4 is 17.2 Å². The number of benzene rings is 1. The van der Waals surface area contributed by atoms with Crippen LogP contribution < -0.4 is 0 Å². The molecule has 2 aliphatic rings. The quantitative estimate of drug-likeness (QED) is 0.752. The van der Waals surface area contributed by atoms with Crippen LogP contribution in [-0.2, 0) is 0 Å². The number of nitrogens with zero attached hydrogens (tertiary/aromatic N) is 2. The van der Waals surface area contributed by atoms with Gasteiger partial charge in [0.25, 0.3) is 0 Å². The van der Waals surface area contributed by atoms with Crippen LogP contribution in [0.3, 0.4) is 0 Å². The Hall–Kier alpha value is -0.830. The van der Waals surface area contributed by atoms with Crippen LogP contribution in [0.4, 0.5) is 0 Å². The van der Waals surface area contributed by atoms with Crippen molar-refractivity contribution in [1.82, 2.24) is 9.80 Å². The van der Waals surface area contributed by atoms with E-state index in [-0.39, 0.29) is 5.54 Å². The summed E-state index contributed by atoms with van der Waals surface area (Å²) in [6.45, 7) is 10.3. The minimum atomic E-state index is 0.196. The molecule has 23 heavy (non-hydrogen) atoms. The fourth-order valence-corrected chi connectivity index (χ4v) is 4.19. The van der Waals surface area contributed by atoms with E-state index < -0.39 is 0 Å². The third kappa shape index (κ3) is 3.65. The van der Waals surface area contributed by atoms with Gasteiger partial charge in [0.05, 0.1) is 0 Å². The highest BCUT2D eigenvalue weighted by Crippen LogP contribution is 2.41. The maximum atomic E-state index is 6.37. The molecule has 1 aromatic carbocycles. The lowest BCUT2D eigenvalue weighted by atomic mass is 9.89. The smallest absolute Gasteiger partial charge is 0.0409 e. The van der Waals surface area contributed by atoms with E-state index in [1.165, 1.54) is 36.1 Å². The fraction of sp³-hybridized carbons (Fsp3) is 0.600. The van der Waals surface area contributed by atoms with Gasteiger partial charge in [0.15, 0.2) is 0 Å². The van der Waals surface area contributed by atoms with Gasteiger partial charge in [-0.25, -0.2) is 0 Å². The molecule has 2 nitrogen and oxygen atoms in total. The molecular weight excluding hydrogens is 304 g/mol. The van der Waals surface area contributed by atoms with Gasteiger partial charge in [-0.2, -0.15) is 0 Å². The van der Waals surface area contributed by atoms with Crippen molar-refractivity contribution in [1.29, 1.82) is 0 Å². The van der Waals surface area contributed by atoms with Crippen molar-refractivity contribution in [2.24, 2.45) is 0 Å². The van der Waals surface area contributed by atoms with Gasteiger partial charge in [0.1, 0.15) is 0 Å². The van der Waals surface area contributed by atoms with Crippen LogP contribution in [0, 0.1) is 0 Å². The highest BCUT2D eigenvalue weighted by molar-refractivity contribution is 6.30. The van der Waals surface area contributed by atoms with Crippen LogP contribution in [0.25, 0.3) is 5.57 Å². The molecule has 0 aromatic heterocycles. The summed E-state index contributed by atoms with van der Waals surface area (Å²) in [5.41, 5.74) is 4.54. The lowest BCUT2D eigenvalue weighted by Gasteiger charge is -2.38. The first-order chi connectivity index (χ1) is 10.9. The molecule has 2 aliphatic heterocycles. The molecule has 1 atom stereocenters. The van der Waals surface area contributed by atoms with Gasteiger partial charge in [0, 0.05) is 29.7 Å². The molecule has 126 valence electrons. The molecule has 0 N–H and O–H groups in total. The summed E-state index contributed by atoms with van der Waals surface area (Å²) < 4.78 is 0. The number of likely N-dealkylation sites (tertiary alicyclic amines) is 1. The van der Waals surface area contributed by atoms with Crippen molar-refractivity contribution in [2.45, 2.75) is 51.6 Å². The Morgan fingerprint density at radius 3 is 2.61 bits per heavy atom. The molecule has 0 aliphatic carbocycles. The molecule has 2 heterocycles. The van der Waals surface area contributed by atoms with Crippen LogP contribution in [0.2, 0.25) is 5.02 Å². The third-order valence-electron chi connectivity index (χ3n) is 5.25. The molecule has 1 aromatic rings. The van der Waals surface area contributed by atoms with Gasteiger partial charge in [0.2, 0.25) is 0 Å². The lowest BCUT2D eigenvalue weighted by molar-refractivity contribution is 0.121. The Morgan fingerprint density at radius 1 is 1.17 bits per heavy atom. The molecule has 3 rings (SSSR count). The summed E-state index contributed by atoms with van der Waals surface area (Å²) in [6.07, 6.45) is 6.04. The standard InChI is InChI=1S/C20H29ClN2/c1-20(2,3)23-11-5-6-19(23)18-14-16(21)7-8-17(18)15-9-12-22(4)13-10-15/h7-9,14,19H,5-6,10-13H2,1-4H3. The fourth-order valence-electron chi connectivity index (χ4n) is 4.01. The molecule has 0 amide bonds. The predicted octanol–water partition coefficient (Wildman–Crippen LogP) is 4.99. The maximum Gasteiger partial charge on any atom is 0.0409 e. The van der Waals surface area contributed by atoms with Crippen LogP contribution in [-0.4, -0.2) is 42.0 Å². The average Bonchev–Trinajstić information content (AvgIpc) is 2.98. The first-order valence-corrected chi connectivity index (χ1v) is 9.18. The average molecular weight is 333 g/mol. The van der Waals surface area contributed by atoms with Gasteiger partial charge < -0.3 is 4.90 Å². The Morgan fingerprint density at radius 2 is 1.96 bits per heavy atom. The van der Waals surface area contributed by atoms with Crippen LogP contribution in [0.15, 0.2) is 24.3 Å². The van der Waals surface area contributed by atoms with Crippen molar-refractivity contribution in [3.05, 3.63) is 40.4 Å². The first kappa shape index (κ1) is 17.0. The number of halogens is 1. The molecule has 0 radical (unpaired) electrons. The Bertz CT molecular complexity index is 600. The minimum Gasteiger partial charge on any atom is -0.302 e. The van der Waals surface area contributed by atoms with Gasteiger partial charge in [-0.05, 0) is 82.5 Å². The van der Waals surface area contributed by atoms with E-state index in [1.54, 1.807) is 0 Å². The topological polar surface area (TPSA) is 6.48 Å². The number of likely N-dealkylation sites (N-methyl/N-ethyl adjacent to an activating group) is 1. The normalized spacial score (nSPS) is 24.0. The van der Waals surface area contributed by atoms with E-state index in [1.807, 2.05) is 0 Å². The van der Waals surface area contributed by atoms with Crippen molar-refractivity contribution in [3.63, 3.8) is 0 Å². The van der Waals surface area contributed by atoms with E-state index in [0.29, 0.717) is 6.04 Å². The highest BCUT2D eigenvalue weighted by Gasteiger charge is 2.35. The summed E-state index contributed by atoms with van der Waals surface area (Å²) >= 11 is 6.37. The Kier molecular flexibility index (Phi) is 4.87. The highest BCUT2D eigenvalue weighted by atomic mass is 35.5. The second kappa shape index (κ2) is 6.58. The molecule has 1 saturated heterocycles. The summed E-state index contributed by atoms with van der Waals surface area (Å²) in [5.74, 6) is 0. The SMILES string of the molecule is CN1CC=C(c2ccc(Cl)cc2C2CCCN2C(C)(C)C)CC1. The van der Waals surface area contributed by atoms with Crippen molar-refractivity contribution < 1.29 is 0 Å². The number of rotatable bonds is 2. The van der Waals surface area contributed by atoms with Crippen molar-refractivity contribution in [3.8, 4) is 0 Å². The van der Waals surface area contributed by atoms with E-state index in [2.05, 4.69) is 61.9 Å². The zero-order valence-electron chi connectivity index (χ0n) is 14.9. The number of hydrogen-bond donors (Lipinski definition) is 0. The van der Waals surface area contributed by atoms with Gasteiger partial charge in [-0.15, -0.1) is 0 Å². The summed E-state index contributed by atoms with van der Waals surface area (Å²) in [5, 5.41) is 0.859. The molecular formula is C20H29ClN2. The first-order valence-electron chi connectivity index (χ1n) is 8.80. The van der Waals surface area contributed by atoms with E-state index in [0.717, 1.165) is 24.5 Å². The molecule has 1 fully saturated rings.